The lowest BCUT2D eigenvalue weighted by atomic mass is 9.93. The molecule has 1 aromatic carbocycles. The first kappa shape index (κ1) is 25.9. The van der Waals surface area contributed by atoms with Gasteiger partial charge in [0, 0.05) is 18.7 Å². The van der Waals surface area contributed by atoms with Crippen molar-refractivity contribution in [1.82, 2.24) is 25.4 Å². The van der Waals surface area contributed by atoms with Gasteiger partial charge in [0.1, 0.15) is 11.7 Å². The number of terminal acetylenes is 1. The van der Waals surface area contributed by atoms with Crippen molar-refractivity contribution < 1.29 is 13.9 Å². The fraction of sp³-hybridized carbons (Fsp3) is 0.308. The van der Waals surface area contributed by atoms with E-state index in [1.165, 1.54) is 23.0 Å². The molecule has 1 aliphatic carbocycles. The molecule has 3 aromatic rings. The van der Waals surface area contributed by atoms with Gasteiger partial charge in [-0.25, -0.2) is 4.98 Å². The lowest BCUT2D eigenvalue weighted by Crippen LogP contribution is -2.23. The molecule has 3 atom stereocenters. The zero-order chi connectivity index (χ0) is 26.0. The minimum atomic E-state index is -1.59. The summed E-state index contributed by atoms with van der Waals surface area (Å²) >= 11 is 1.23. The Bertz CT molecular complexity index is 1310. The third kappa shape index (κ3) is 7.41. The number of halogens is 1. The summed E-state index contributed by atoms with van der Waals surface area (Å²) in [5, 5.41) is 23.2. The van der Waals surface area contributed by atoms with Crippen molar-refractivity contribution in [3.8, 4) is 18.1 Å². The third-order valence-corrected chi connectivity index (χ3v) is 6.34. The molecule has 2 aromatic heterocycles. The standard InChI is InChI=1S/C26H26FN7O2S/c1-3-7-22(27)36-20-11-6-9-18(16-20)21(4-2)24(35)31-26-34-33-25(37-26)30-19-10-5-8-17(14-19)15-23-28-12-13-29-32-23/h2-3,6-9,11-13,16,19,21-22H,5,10,14-15H2,1H3,(H,30,33)(H,31,34,35). The van der Waals surface area contributed by atoms with Crippen LogP contribution in [-0.4, -0.2) is 43.7 Å². The molecule has 1 amide bonds. The Labute approximate surface area is 218 Å². The molecule has 0 fully saturated rings. The fourth-order valence-electron chi connectivity index (χ4n) is 3.91. The van der Waals surface area contributed by atoms with E-state index in [-0.39, 0.29) is 11.8 Å². The molecule has 3 unspecified atom stereocenters. The van der Waals surface area contributed by atoms with E-state index in [1.807, 2.05) is 0 Å². The molecule has 2 heterocycles. The molecule has 0 spiro atoms. The number of ether oxygens (including phenoxy) is 1. The monoisotopic (exact) mass is 519 g/mol. The molecule has 190 valence electrons. The molecule has 9 nitrogen and oxygen atoms in total. The molecule has 0 saturated carbocycles. The van der Waals surface area contributed by atoms with Gasteiger partial charge in [0.2, 0.25) is 16.2 Å². The Balaban J connectivity index is 1.34. The summed E-state index contributed by atoms with van der Waals surface area (Å²) in [5.74, 6) is 2.10. The van der Waals surface area contributed by atoms with Crippen LogP contribution in [0.5, 0.6) is 5.75 Å². The number of rotatable bonds is 10. The minimum absolute atomic E-state index is 0.177. The van der Waals surface area contributed by atoms with Crippen molar-refractivity contribution in [2.24, 2.45) is 0 Å². The summed E-state index contributed by atoms with van der Waals surface area (Å²) in [6.07, 6.45) is 15.7. The zero-order valence-corrected chi connectivity index (χ0v) is 21.0. The highest BCUT2D eigenvalue weighted by atomic mass is 32.1. The number of amides is 1. The van der Waals surface area contributed by atoms with Crippen molar-refractivity contribution >= 4 is 27.5 Å². The van der Waals surface area contributed by atoms with Crippen molar-refractivity contribution in [1.29, 1.82) is 0 Å². The Morgan fingerprint density at radius 2 is 2.19 bits per heavy atom. The first-order valence-electron chi connectivity index (χ1n) is 11.7. The van der Waals surface area contributed by atoms with Crippen LogP contribution in [0.4, 0.5) is 14.7 Å². The molecular weight excluding hydrogens is 493 g/mol. The van der Waals surface area contributed by atoms with Crippen molar-refractivity contribution in [3.63, 3.8) is 0 Å². The number of alkyl halides is 1. The molecule has 0 saturated heterocycles. The quantitative estimate of drug-likeness (QED) is 0.298. The van der Waals surface area contributed by atoms with E-state index in [4.69, 9.17) is 11.2 Å². The van der Waals surface area contributed by atoms with Gasteiger partial charge in [0.15, 0.2) is 5.82 Å². The average molecular weight is 520 g/mol. The topological polar surface area (TPSA) is 115 Å². The van der Waals surface area contributed by atoms with Crippen LogP contribution in [0.3, 0.4) is 0 Å². The van der Waals surface area contributed by atoms with E-state index in [9.17, 15) is 9.18 Å². The number of allylic oxidation sites excluding steroid dienone is 2. The number of aromatic nitrogens is 5. The summed E-state index contributed by atoms with van der Waals surface area (Å²) < 4.78 is 19.0. The normalized spacial score (nSPS) is 16.9. The number of carbonyl (C=O) groups excluding carboxylic acids is 1. The lowest BCUT2D eigenvalue weighted by molar-refractivity contribution is -0.116. The summed E-state index contributed by atoms with van der Waals surface area (Å²) in [4.78, 5) is 17.2. The molecule has 37 heavy (non-hydrogen) atoms. The van der Waals surface area contributed by atoms with E-state index < -0.39 is 18.2 Å². The van der Waals surface area contributed by atoms with E-state index >= 15 is 0 Å². The highest BCUT2D eigenvalue weighted by molar-refractivity contribution is 7.19. The summed E-state index contributed by atoms with van der Waals surface area (Å²) in [6, 6.07) is 6.68. The second-order valence-electron chi connectivity index (χ2n) is 8.29. The number of benzene rings is 1. The van der Waals surface area contributed by atoms with E-state index in [0.717, 1.165) is 19.3 Å². The molecule has 2 N–H and O–H groups in total. The van der Waals surface area contributed by atoms with Gasteiger partial charge in [-0.3, -0.25) is 10.1 Å². The number of anilines is 2. The Morgan fingerprint density at radius 1 is 1.32 bits per heavy atom. The molecule has 0 aliphatic heterocycles. The van der Waals surface area contributed by atoms with E-state index in [1.54, 1.807) is 49.7 Å². The largest absolute Gasteiger partial charge is 0.457 e. The van der Waals surface area contributed by atoms with Crippen molar-refractivity contribution in [3.05, 3.63) is 71.8 Å². The zero-order valence-electron chi connectivity index (χ0n) is 20.2. The smallest absolute Gasteiger partial charge is 0.257 e. The number of hydrogen-bond acceptors (Lipinski definition) is 9. The number of carbonyl (C=O) groups is 1. The molecule has 1 aliphatic rings. The average Bonchev–Trinajstić information content (AvgIpc) is 3.32. The molecular formula is C26H26FN7O2S. The first-order chi connectivity index (χ1) is 18.0. The molecule has 0 bridgehead atoms. The number of nitrogens with zero attached hydrogens (tertiary/aromatic N) is 5. The minimum Gasteiger partial charge on any atom is -0.457 e. The highest BCUT2D eigenvalue weighted by Gasteiger charge is 2.22. The molecule has 11 heteroatoms. The second-order valence-corrected chi connectivity index (χ2v) is 9.27. The van der Waals surface area contributed by atoms with Gasteiger partial charge in [-0.1, -0.05) is 47.1 Å². The van der Waals surface area contributed by atoms with Crippen molar-refractivity contribution in [2.45, 2.75) is 50.9 Å². The lowest BCUT2D eigenvalue weighted by Gasteiger charge is -2.23. The van der Waals surface area contributed by atoms with Gasteiger partial charge in [0.25, 0.3) is 6.36 Å². The van der Waals surface area contributed by atoms with E-state index in [2.05, 4.69) is 48.0 Å². The summed E-state index contributed by atoms with van der Waals surface area (Å²) in [6.45, 7) is 1.70. The van der Waals surface area contributed by atoms with Crippen molar-refractivity contribution in [2.75, 3.05) is 10.6 Å². The van der Waals surface area contributed by atoms with Crippen LogP contribution in [0, 0.1) is 12.3 Å². The van der Waals surface area contributed by atoms with Gasteiger partial charge in [0.05, 0.1) is 6.20 Å². The van der Waals surface area contributed by atoms with E-state index in [0.29, 0.717) is 28.1 Å². The fourth-order valence-corrected chi connectivity index (χ4v) is 4.64. The summed E-state index contributed by atoms with van der Waals surface area (Å²) in [5.41, 5.74) is 1.75. The van der Waals surface area contributed by atoms with Gasteiger partial charge in [-0.2, -0.15) is 9.49 Å². The highest BCUT2D eigenvalue weighted by Crippen LogP contribution is 2.28. The van der Waals surface area contributed by atoms with Gasteiger partial charge < -0.3 is 10.1 Å². The maximum atomic E-state index is 13.8. The molecule has 0 radical (unpaired) electrons. The number of nitrogens with one attached hydrogen (secondary N) is 2. The predicted molar refractivity (Wildman–Crippen MR) is 140 cm³/mol. The summed E-state index contributed by atoms with van der Waals surface area (Å²) in [7, 11) is 0. The Hall–Kier alpha value is -4.17. The van der Waals surface area contributed by atoms with Crippen LogP contribution < -0.4 is 15.4 Å². The second kappa shape index (κ2) is 12.7. The SMILES string of the molecule is C#CC(C(=O)Nc1nnc(NC2CCC=C(Cc3nccnn3)C2)s1)c1cccc(OC(F)C=CC)c1. The van der Waals surface area contributed by atoms with Crippen LogP contribution in [0.15, 0.2) is 60.5 Å². The van der Waals surface area contributed by atoms with Gasteiger partial charge >= 0.3 is 0 Å². The van der Waals surface area contributed by atoms with Crippen LogP contribution in [0.1, 0.15) is 43.5 Å². The Morgan fingerprint density at radius 3 is 2.97 bits per heavy atom. The third-order valence-electron chi connectivity index (χ3n) is 5.57. The van der Waals surface area contributed by atoms with Gasteiger partial charge in [-0.15, -0.1) is 21.7 Å². The van der Waals surface area contributed by atoms with Crippen LogP contribution in [-0.2, 0) is 11.2 Å². The van der Waals surface area contributed by atoms with Crippen LogP contribution in [0.2, 0.25) is 0 Å². The van der Waals surface area contributed by atoms with Gasteiger partial charge in [-0.05, 0) is 50.0 Å². The first-order valence-corrected chi connectivity index (χ1v) is 12.6. The Kier molecular flexibility index (Phi) is 8.89. The number of hydrogen-bond donors (Lipinski definition) is 2. The van der Waals surface area contributed by atoms with Crippen LogP contribution >= 0.6 is 11.3 Å². The maximum absolute atomic E-state index is 13.8. The molecule has 4 rings (SSSR count). The predicted octanol–water partition coefficient (Wildman–Crippen LogP) is 4.46. The maximum Gasteiger partial charge on any atom is 0.257 e. The van der Waals surface area contributed by atoms with Crippen LogP contribution in [0.25, 0.3) is 0 Å².